The smallest absolute Gasteiger partial charge is 0.225 e. The van der Waals surface area contributed by atoms with Gasteiger partial charge in [-0.3, -0.25) is 4.79 Å². The van der Waals surface area contributed by atoms with Crippen molar-refractivity contribution in [1.29, 1.82) is 0 Å². The summed E-state index contributed by atoms with van der Waals surface area (Å²) in [6.45, 7) is 3.07. The van der Waals surface area contributed by atoms with E-state index in [0.29, 0.717) is 12.5 Å². The summed E-state index contributed by atoms with van der Waals surface area (Å²) in [5, 5.41) is 6.40. The maximum atomic E-state index is 12.1. The van der Waals surface area contributed by atoms with Crippen molar-refractivity contribution in [2.75, 3.05) is 11.9 Å². The Morgan fingerprint density at radius 2 is 2.00 bits per heavy atom. The second-order valence-electron chi connectivity index (χ2n) is 5.94. The molecule has 128 valence electrons. The minimum absolute atomic E-state index is 0. The molecular weight excluding hydrogens is 340 g/mol. The van der Waals surface area contributed by atoms with Gasteiger partial charge < -0.3 is 10.6 Å². The first-order valence-corrected chi connectivity index (χ1v) is 8.89. The number of rotatable bonds is 5. The molecule has 1 amide bonds. The number of anilines is 1. The van der Waals surface area contributed by atoms with Gasteiger partial charge in [0.2, 0.25) is 5.91 Å². The highest BCUT2D eigenvalue weighted by Gasteiger charge is 2.18. The number of benzene rings is 2. The molecule has 0 aliphatic carbocycles. The van der Waals surface area contributed by atoms with Crippen molar-refractivity contribution in [1.82, 2.24) is 5.32 Å². The van der Waals surface area contributed by atoms with Gasteiger partial charge >= 0.3 is 0 Å². The Morgan fingerprint density at radius 3 is 2.67 bits per heavy atom. The average molecular weight is 363 g/mol. The summed E-state index contributed by atoms with van der Waals surface area (Å²) in [4.78, 5) is 14.5. The van der Waals surface area contributed by atoms with Gasteiger partial charge in [0.05, 0.1) is 0 Å². The molecule has 1 saturated heterocycles. The van der Waals surface area contributed by atoms with Crippen LogP contribution in [0.15, 0.2) is 58.3 Å². The van der Waals surface area contributed by atoms with Crippen LogP contribution in [0.5, 0.6) is 0 Å². The van der Waals surface area contributed by atoms with Crippen LogP contribution in [0.2, 0.25) is 0 Å². The van der Waals surface area contributed by atoms with Crippen LogP contribution in [0.25, 0.3) is 0 Å². The molecule has 0 bridgehead atoms. The molecule has 1 aliphatic heterocycles. The SMILES string of the molecule is Cc1cc(Sc2ccccc2)ccc1NC(=O)CC1CCCN1.Cl. The number of carbonyl (C=O) groups is 1. The number of hydrogen-bond donors (Lipinski definition) is 2. The summed E-state index contributed by atoms with van der Waals surface area (Å²) in [6, 6.07) is 16.8. The number of carbonyl (C=O) groups excluding carboxylic acids is 1. The van der Waals surface area contributed by atoms with Crippen molar-refractivity contribution < 1.29 is 4.79 Å². The van der Waals surface area contributed by atoms with E-state index in [0.717, 1.165) is 24.2 Å². The van der Waals surface area contributed by atoms with Gasteiger partial charge in [0.25, 0.3) is 0 Å². The number of amides is 1. The van der Waals surface area contributed by atoms with E-state index in [1.54, 1.807) is 11.8 Å². The maximum Gasteiger partial charge on any atom is 0.225 e. The summed E-state index contributed by atoms with van der Waals surface area (Å²) in [5.41, 5.74) is 2.00. The van der Waals surface area contributed by atoms with Crippen LogP contribution in [0, 0.1) is 6.92 Å². The minimum Gasteiger partial charge on any atom is -0.326 e. The van der Waals surface area contributed by atoms with E-state index in [4.69, 9.17) is 0 Å². The van der Waals surface area contributed by atoms with Crippen LogP contribution in [-0.4, -0.2) is 18.5 Å². The Hall–Kier alpha value is -1.49. The second-order valence-corrected chi connectivity index (χ2v) is 7.08. The molecule has 2 aromatic rings. The van der Waals surface area contributed by atoms with Crippen LogP contribution in [0.1, 0.15) is 24.8 Å². The van der Waals surface area contributed by atoms with Crippen molar-refractivity contribution in [2.45, 2.75) is 42.0 Å². The van der Waals surface area contributed by atoms with Crippen molar-refractivity contribution in [3.63, 3.8) is 0 Å². The predicted octanol–water partition coefficient (Wildman–Crippen LogP) is 4.65. The lowest BCUT2D eigenvalue weighted by Gasteiger charge is -2.13. The molecule has 1 unspecified atom stereocenters. The fraction of sp³-hybridized carbons (Fsp3) is 0.316. The molecule has 0 radical (unpaired) electrons. The predicted molar refractivity (Wildman–Crippen MR) is 103 cm³/mol. The molecule has 3 rings (SSSR count). The van der Waals surface area contributed by atoms with Gasteiger partial charge in [0.1, 0.15) is 0 Å². The van der Waals surface area contributed by atoms with E-state index in [-0.39, 0.29) is 18.3 Å². The lowest BCUT2D eigenvalue weighted by Crippen LogP contribution is -2.27. The highest BCUT2D eigenvalue weighted by molar-refractivity contribution is 7.99. The molecule has 2 N–H and O–H groups in total. The monoisotopic (exact) mass is 362 g/mol. The largest absolute Gasteiger partial charge is 0.326 e. The number of aryl methyl sites for hydroxylation is 1. The first kappa shape index (κ1) is 18.8. The normalized spacial score (nSPS) is 16.5. The zero-order valence-corrected chi connectivity index (χ0v) is 15.4. The average Bonchev–Trinajstić information content (AvgIpc) is 3.04. The van der Waals surface area contributed by atoms with E-state index in [1.165, 1.54) is 16.2 Å². The Balaban J connectivity index is 0.00000208. The summed E-state index contributed by atoms with van der Waals surface area (Å²) in [6.07, 6.45) is 2.82. The number of halogens is 1. The van der Waals surface area contributed by atoms with Gasteiger partial charge in [-0.25, -0.2) is 0 Å². The van der Waals surface area contributed by atoms with Crippen LogP contribution in [0.3, 0.4) is 0 Å². The van der Waals surface area contributed by atoms with E-state index < -0.39 is 0 Å². The third-order valence-electron chi connectivity index (χ3n) is 4.05. The fourth-order valence-corrected chi connectivity index (χ4v) is 3.76. The Labute approximate surface area is 154 Å². The molecular formula is C19H23ClN2OS. The molecule has 3 nitrogen and oxygen atoms in total. The zero-order chi connectivity index (χ0) is 16.1. The van der Waals surface area contributed by atoms with Crippen molar-refractivity contribution in [2.24, 2.45) is 0 Å². The third-order valence-corrected chi connectivity index (χ3v) is 5.04. The van der Waals surface area contributed by atoms with Crippen LogP contribution in [0.4, 0.5) is 5.69 Å². The molecule has 1 aliphatic rings. The molecule has 24 heavy (non-hydrogen) atoms. The van der Waals surface area contributed by atoms with E-state index in [2.05, 4.69) is 34.9 Å². The molecule has 0 spiro atoms. The highest BCUT2D eigenvalue weighted by Crippen LogP contribution is 2.30. The lowest BCUT2D eigenvalue weighted by molar-refractivity contribution is -0.116. The Bertz CT molecular complexity index is 672. The molecule has 0 saturated carbocycles. The van der Waals surface area contributed by atoms with Gasteiger partial charge in [0, 0.05) is 27.9 Å². The van der Waals surface area contributed by atoms with E-state index >= 15 is 0 Å². The maximum absolute atomic E-state index is 12.1. The molecule has 5 heteroatoms. The zero-order valence-electron chi connectivity index (χ0n) is 13.7. The minimum atomic E-state index is 0. The van der Waals surface area contributed by atoms with Gasteiger partial charge in [-0.1, -0.05) is 30.0 Å². The number of hydrogen-bond acceptors (Lipinski definition) is 3. The van der Waals surface area contributed by atoms with Crippen molar-refractivity contribution in [3.05, 3.63) is 54.1 Å². The topological polar surface area (TPSA) is 41.1 Å². The molecule has 1 heterocycles. The van der Waals surface area contributed by atoms with Gasteiger partial charge in [-0.2, -0.15) is 0 Å². The molecule has 1 fully saturated rings. The molecule has 1 atom stereocenters. The van der Waals surface area contributed by atoms with Gasteiger partial charge in [0.15, 0.2) is 0 Å². The Morgan fingerprint density at radius 1 is 1.21 bits per heavy atom. The first-order chi connectivity index (χ1) is 11.2. The molecule has 0 aromatic heterocycles. The Kier molecular flexibility index (Phi) is 7.16. The number of nitrogens with one attached hydrogen (secondary N) is 2. The molecule has 2 aromatic carbocycles. The van der Waals surface area contributed by atoms with Crippen LogP contribution >= 0.6 is 24.2 Å². The summed E-state index contributed by atoms with van der Waals surface area (Å²) < 4.78 is 0. The summed E-state index contributed by atoms with van der Waals surface area (Å²) in [5.74, 6) is 0.0935. The quantitative estimate of drug-likeness (QED) is 0.813. The van der Waals surface area contributed by atoms with Crippen molar-refractivity contribution in [3.8, 4) is 0 Å². The standard InChI is InChI=1S/C19H22N2OS.ClH/c1-14-12-17(23-16-7-3-2-4-8-16)9-10-18(14)21-19(22)13-15-6-5-11-20-15;/h2-4,7-10,12,15,20H,5-6,11,13H2,1H3,(H,21,22);1H. The van der Waals surface area contributed by atoms with E-state index in [1.807, 2.05) is 31.2 Å². The first-order valence-electron chi connectivity index (χ1n) is 8.07. The van der Waals surface area contributed by atoms with Gasteiger partial charge in [-0.15, -0.1) is 12.4 Å². The van der Waals surface area contributed by atoms with Gasteiger partial charge in [-0.05, 0) is 62.2 Å². The second kappa shape index (κ2) is 9.11. The van der Waals surface area contributed by atoms with Crippen molar-refractivity contribution >= 4 is 35.8 Å². The van der Waals surface area contributed by atoms with Crippen LogP contribution in [-0.2, 0) is 4.79 Å². The third kappa shape index (κ3) is 5.26. The lowest BCUT2D eigenvalue weighted by atomic mass is 10.1. The fourth-order valence-electron chi connectivity index (χ4n) is 2.82. The summed E-state index contributed by atoms with van der Waals surface area (Å²) >= 11 is 1.73. The highest BCUT2D eigenvalue weighted by atomic mass is 35.5. The van der Waals surface area contributed by atoms with E-state index in [9.17, 15) is 4.79 Å². The van der Waals surface area contributed by atoms with Crippen LogP contribution < -0.4 is 10.6 Å². The summed E-state index contributed by atoms with van der Waals surface area (Å²) in [7, 11) is 0.